The van der Waals surface area contributed by atoms with Crippen molar-refractivity contribution in [1.29, 1.82) is 0 Å². The Morgan fingerprint density at radius 1 is 1.10 bits per heavy atom. The van der Waals surface area contributed by atoms with Gasteiger partial charge in [0.15, 0.2) is 0 Å². The molecule has 0 aliphatic carbocycles. The number of nitro benzene ring substituents is 1. The SMILES string of the molecule is CC(Sc1ccc([N+](=O)[O-])cc1)C(N)c1ccccc1. The molecule has 0 bridgehead atoms. The summed E-state index contributed by atoms with van der Waals surface area (Å²) in [5, 5.41) is 10.8. The maximum Gasteiger partial charge on any atom is 0.269 e. The van der Waals surface area contributed by atoms with Gasteiger partial charge in [-0.15, -0.1) is 11.8 Å². The molecule has 0 heterocycles. The second-order valence-electron chi connectivity index (χ2n) is 4.51. The van der Waals surface area contributed by atoms with E-state index in [1.165, 1.54) is 12.1 Å². The molecule has 2 unspecified atom stereocenters. The quantitative estimate of drug-likeness (QED) is 0.516. The molecule has 2 aromatic carbocycles. The van der Waals surface area contributed by atoms with E-state index in [1.54, 1.807) is 23.9 Å². The Morgan fingerprint density at radius 3 is 2.25 bits per heavy atom. The van der Waals surface area contributed by atoms with E-state index in [0.29, 0.717) is 0 Å². The van der Waals surface area contributed by atoms with Crippen LogP contribution >= 0.6 is 11.8 Å². The van der Waals surface area contributed by atoms with Gasteiger partial charge in [0.05, 0.1) is 4.92 Å². The van der Waals surface area contributed by atoms with Crippen LogP contribution in [-0.4, -0.2) is 10.2 Å². The van der Waals surface area contributed by atoms with E-state index in [-0.39, 0.29) is 17.0 Å². The van der Waals surface area contributed by atoms with Gasteiger partial charge in [0.1, 0.15) is 0 Å². The predicted molar refractivity (Wildman–Crippen MR) is 81.8 cm³/mol. The molecule has 0 aliphatic rings. The van der Waals surface area contributed by atoms with Crippen molar-refractivity contribution in [2.75, 3.05) is 0 Å². The molecule has 0 saturated heterocycles. The third kappa shape index (κ3) is 3.59. The maximum absolute atomic E-state index is 10.6. The fraction of sp³-hybridized carbons (Fsp3) is 0.200. The highest BCUT2D eigenvalue weighted by atomic mass is 32.2. The molecule has 0 aliphatic heterocycles. The van der Waals surface area contributed by atoms with Gasteiger partial charge in [-0.05, 0) is 17.7 Å². The average molecular weight is 288 g/mol. The zero-order chi connectivity index (χ0) is 14.5. The molecule has 104 valence electrons. The molecule has 4 nitrogen and oxygen atoms in total. The summed E-state index contributed by atoms with van der Waals surface area (Å²) in [6.07, 6.45) is 0. The van der Waals surface area contributed by atoms with Crippen molar-refractivity contribution in [3.8, 4) is 0 Å². The first-order valence-electron chi connectivity index (χ1n) is 6.29. The lowest BCUT2D eigenvalue weighted by atomic mass is 10.1. The number of hydrogen-bond acceptors (Lipinski definition) is 4. The van der Waals surface area contributed by atoms with Crippen LogP contribution in [0, 0.1) is 10.1 Å². The van der Waals surface area contributed by atoms with Crippen molar-refractivity contribution >= 4 is 17.4 Å². The van der Waals surface area contributed by atoms with Crippen LogP contribution in [0.5, 0.6) is 0 Å². The Hall–Kier alpha value is -1.85. The number of nitro groups is 1. The van der Waals surface area contributed by atoms with Crippen LogP contribution in [0.4, 0.5) is 5.69 Å². The third-order valence-electron chi connectivity index (χ3n) is 3.06. The molecule has 0 amide bonds. The normalized spacial score (nSPS) is 13.7. The van der Waals surface area contributed by atoms with Crippen LogP contribution in [0.25, 0.3) is 0 Å². The molecule has 2 atom stereocenters. The van der Waals surface area contributed by atoms with E-state index in [4.69, 9.17) is 5.73 Å². The van der Waals surface area contributed by atoms with Gasteiger partial charge in [-0.1, -0.05) is 37.3 Å². The van der Waals surface area contributed by atoms with E-state index in [2.05, 4.69) is 6.92 Å². The van der Waals surface area contributed by atoms with Crippen molar-refractivity contribution in [1.82, 2.24) is 0 Å². The fourth-order valence-corrected chi connectivity index (χ4v) is 2.91. The minimum Gasteiger partial charge on any atom is -0.323 e. The molecule has 20 heavy (non-hydrogen) atoms. The summed E-state index contributed by atoms with van der Waals surface area (Å²) in [5.74, 6) is 0. The van der Waals surface area contributed by atoms with Crippen LogP contribution in [0.15, 0.2) is 59.5 Å². The molecule has 0 radical (unpaired) electrons. The Morgan fingerprint density at radius 2 is 1.70 bits per heavy atom. The molecule has 2 aromatic rings. The molecule has 0 fully saturated rings. The van der Waals surface area contributed by atoms with E-state index in [1.807, 2.05) is 30.3 Å². The highest BCUT2D eigenvalue weighted by molar-refractivity contribution is 8.00. The summed E-state index contributed by atoms with van der Waals surface area (Å²) in [4.78, 5) is 11.2. The zero-order valence-corrected chi connectivity index (χ0v) is 11.9. The summed E-state index contributed by atoms with van der Waals surface area (Å²) in [7, 11) is 0. The molecule has 0 aromatic heterocycles. The van der Waals surface area contributed by atoms with Crippen molar-refractivity contribution in [3.63, 3.8) is 0 Å². The highest BCUT2D eigenvalue weighted by Crippen LogP contribution is 2.31. The zero-order valence-electron chi connectivity index (χ0n) is 11.1. The van der Waals surface area contributed by atoms with Gasteiger partial charge in [-0.25, -0.2) is 0 Å². The van der Waals surface area contributed by atoms with E-state index >= 15 is 0 Å². The second kappa shape index (κ2) is 6.54. The van der Waals surface area contributed by atoms with E-state index in [9.17, 15) is 10.1 Å². The summed E-state index contributed by atoms with van der Waals surface area (Å²) in [5.41, 5.74) is 7.43. The lowest BCUT2D eigenvalue weighted by Gasteiger charge is -2.19. The standard InChI is InChI=1S/C15H16N2O2S/c1-11(15(16)12-5-3-2-4-6-12)20-14-9-7-13(8-10-14)17(18)19/h2-11,15H,16H2,1H3. The smallest absolute Gasteiger partial charge is 0.269 e. The van der Waals surface area contributed by atoms with Gasteiger partial charge in [0.2, 0.25) is 0 Å². The second-order valence-corrected chi connectivity index (χ2v) is 5.96. The molecule has 0 saturated carbocycles. The Balaban J connectivity index is 2.04. The van der Waals surface area contributed by atoms with Crippen LogP contribution in [-0.2, 0) is 0 Å². The Labute approximate surface area is 122 Å². The average Bonchev–Trinajstić information content (AvgIpc) is 2.48. The third-order valence-corrected chi connectivity index (χ3v) is 4.27. The number of hydrogen-bond donors (Lipinski definition) is 1. The number of non-ortho nitro benzene ring substituents is 1. The van der Waals surface area contributed by atoms with Gasteiger partial charge in [-0.2, -0.15) is 0 Å². The number of thioether (sulfide) groups is 1. The monoisotopic (exact) mass is 288 g/mol. The fourth-order valence-electron chi connectivity index (χ4n) is 1.88. The lowest BCUT2D eigenvalue weighted by molar-refractivity contribution is -0.384. The first-order valence-corrected chi connectivity index (χ1v) is 7.17. The number of benzene rings is 2. The van der Waals surface area contributed by atoms with Crippen LogP contribution in [0.3, 0.4) is 0 Å². The largest absolute Gasteiger partial charge is 0.323 e. The highest BCUT2D eigenvalue weighted by Gasteiger charge is 2.16. The topological polar surface area (TPSA) is 69.2 Å². The molecular weight excluding hydrogens is 272 g/mol. The molecular formula is C15H16N2O2S. The van der Waals surface area contributed by atoms with E-state index in [0.717, 1.165) is 10.5 Å². The van der Waals surface area contributed by atoms with Crippen LogP contribution < -0.4 is 5.73 Å². The lowest BCUT2D eigenvalue weighted by Crippen LogP contribution is -2.20. The summed E-state index contributed by atoms with van der Waals surface area (Å²) in [6, 6.07) is 16.4. The maximum atomic E-state index is 10.6. The Kier molecular flexibility index (Phi) is 4.76. The van der Waals surface area contributed by atoms with Crippen LogP contribution in [0.1, 0.15) is 18.5 Å². The first-order chi connectivity index (χ1) is 9.58. The molecule has 2 N–H and O–H groups in total. The summed E-state index contributed by atoms with van der Waals surface area (Å²) >= 11 is 1.62. The minimum absolute atomic E-state index is 0.0728. The van der Waals surface area contributed by atoms with Crippen molar-refractivity contribution < 1.29 is 4.92 Å². The Bertz CT molecular complexity index is 572. The molecule has 0 spiro atoms. The van der Waals surface area contributed by atoms with Crippen LogP contribution in [0.2, 0.25) is 0 Å². The van der Waals surface area contributed by atoms with Crippen molar-refractivity contribution in [2.45, 2.75) is 23.1 Å². The van der Waals surface area contributed by atoms with Gasteiger partial charge >= 0.3 is 0 Å². The minimum atomic E-state index is -0.395. The van der Waals surface area contributed by atoms with Gasteiger partial charge < -0.3 is 5.73 Å². The van der Waals surface area contributed by atoms with Gasteiger partial charge in [0, 0.05) is 28.3 Å². The van der Waals surface area contributed by atoms with E-state index < -0.39 is 4.92 Å². The molecule has 2 rings (SSSR count). The summed E-state index contributed by atoms with van der Waals surface area (Å²) in [6.45, 7) is 2.06. The number of nitrogens with zero attached hydrogens (tertiary/aromatic N) is 1. The first kappa shape index (κ1) is 14.6. The van der Waals surface area contributed by atoms with Crippen molar-refractivity contribution in [2.24, 2.45) is 5.73 Å². The predicted octanol–water partition coefficient (Wildman–Crippen LogP) is 3.78. The molecule has 5 heteroatoms. The number of rotatable bonds is 5. The van der Waals surface area contributed by atoms with Gasteiger partial charge in [-0.3, -0.25) is 10.1 Å². The van der Waals surface area contributed by atoms with Crippen molar-refractivity contribution in [3.05, 3.63) is 70.3 Å². The summed E-state index contributed by atoms with van der Waals surface area (Å²) < 4.78 is 0. The van der Waals surface area contributed by atoms with Gasteiger partial charge in [0.25, 0.3) is 5.69 Å². The number of nitrogens with two attached hydrogens (primary N) is 1.